The van der Waals surface area contributed by atoms with Crippen LogP contribution in [0.1, 0.15) is 5.56 Å². The molecule has 0 unspecified atom stereocenters. The van der Waals surface area contributed by atoms with Gasteiger partial charge in [0.15, 0.2) is 0 Å². The maximum atomic E-state index is 11.4. The Bertz CT molecular complexity index is 603. The maximum absolute atomic E-state index is 11.4. The maximum Gasteiger partial charge on any atom is 0.253 e. The molecule has 0 saturated carbocycles. The number of rotatable bonds is 2. The molecule has 0 fully saturated rings. The molecule has 0 bridgehead atoms. The fourth-order valence-electron chi connectivity index (χ4n) is 1.51. The van der Waals surface area contributed by atoms with Crippen molar-refractivity contribution in [2.45, 2.75) is 6.92 Å². The van der Waals surface area contributed by atoms with E-state index in [1.54, 1.807) is 31.4 Å². The fraction of sp³-hybridized carbons (Fsp3) is 0.154. The minimum Gasteiger partial charge on any atom is -0.457 e. The van der Waals surface area contributed by atoms with E-state index >= 15 is 0 Å². The molecule has 0 amide bonds. The molecule has 0 saturated heterocycles. The van der Waals surface area contributed by atoms with Crippen LogP contribution in [0.5, 0.6) is 11.5 Å². The zero-order chi connectivity index (χ0) is 12.4. The van der Waals surface area contributed by atoms with E-state index in [1.807, 2.05) is 13.0 Å². The van der Waals surface area contributed by atoms with Gasteiger partial charge in [-0.25, -0.2) is 0 Å². The largest absolute Gasteiger partial charge is 0.457 e. The fourth-order valence-corrected chi connectivity index (χ4v) is 1.51. The summed E-state index contributed by atoms with van der Waals surface area (Å²) >= 11 is 0. The third-order valence-electron chi connectivity index (χ3n) is 2.50. The van der Waals surface area contributed by atoms with E-state index in [0.717, 1.165) is 5.56 Å². The first kappa shape index (κ1) is 11.3. The van der Waals surface area contributed by atoms with Crippen LogP contribution in [0.4, 0.5) is 5.69 Å². The second-order valence-electron chi connectivity index (χ2n) is 3.94. The molecule has 0 atom stereocenters. The van der Waals surface area contributed by atoms with Crippen LogP contribution in [0, 0.1) is 6.92 Å². The number of hydrogen-bond donors (Lipinski definition) is 1. The van der Waals surface area contributed by atoms with Gasteiger partial charge >= 0.3 is 0 Å². The SMILES string of the molecule is Cc1cc(N)ccc1Oc1ccn(C)c(=O)c1. The van der Waals surface area contributed by atoms with E-state index < -0.39 is 0 Å². The quantitative estimate of drug-likeness (QED) is 0.803. The summed E-state index contributed by atoms with van der Waals surface area (Å²) in [5.41, 5.74) is 7.18. The zero-order valence-corrected chi connectivity index (χ0v) is 9.81. The van der Waals surface area contributed by atoms with Gasteiger partial charge in [0.25, 0.3) is 5.56 Å². The standard InChI is InChI=1S/C13H14N2O2/c1-9-7-10(14)3-4-12(9)17-11-5-6-15(2)13(16)8-11/h3-8H,14H2,1-2H3. The molecule has 1 aromatic heterocycles. The number of aryl methyl sites for hydroxylation is 2. The molecule has 4 heteroatoms. The number of anilines is 1. The van der Waals surface area contributed by atoms with Gasteiger partial charge in [-0.2, -0.15) is 0 Å². The van der Waals surface area contributed by atoms with Gasteiger partial charge in [-0.05, 0) is 36.8 Å². The molecule has 88 valence electrons. The number of ether oxygens (including phenoxy) is 1. The van der Waals surface area contributed by atoms with Crippen molar-refractivity contribution in [2.24, 2.45) is 7.05 Å². The second kappa shape index (κ2) is 4.33. The van der Waals surface area contributed by atoms with Crippen LogP contribution in [0.15, 0.2) is 41.3 Å². The third-order valence-corrected chi connectivity index (χ3v) is 2.50. The van der Waals surface area contributed by atoms with Crippen molar-refractivity contribution in [3.8, 4) is 11.5 Å². The lowest BCUT2D eigenvalue weighted by atomic mass is 10.2. The molecule has 0 aliphatic rings. The number of benzene rings is 1. The van der Waals surface area contributed by atoms with Crippen molar-refractivity contribution in [2.75, 3.05) is 5.73 Å². The first-order valence-electron chi connectivity index (χ1n) is 5.27. The first-order valence-corrected chi connectivity index (χ1v) is 5.27. The van der Waals surface area contributed by atoms with Gasteiger partial charge < -0.3 is 15.0 Å². The van der Waals surface area contributed by atoms with Gasteiger partial charge in [0.05, 0.1) is 0 Å². The molecule has 0 aliphatic carbocycles. The Labute approximate surface area is 99.3 Å². The van der Waals surface area contributed by atoms with Crippen LogP contribution < -0.4 is 16.0 Å². The lowest BCUT2D eigenvalue weighted by Gasteiger charge is -2.09. The van der Waals surface area contributed by atoms with Crippen molar-refractivity contribution in [1.82, 2.24) is 4.57 Å². The van der Waals surface area contributed by atoms with E-state index in [2.05, 4.69) is 0 Å². The number of aromatic nitrogens is 1. The van der Waals surface area contributed by atoms with Crippen LogP contribution in [-0.4, -0.2) is 4.57 Å². The normalized spacial score (nSPS) is 10.2. The van der Waals surface area contributed by atoms with Gasteiger partial charge in [0.1, 0.15) is 11.5 Å². The highest BCUT2D eigenvalue weighted by Crippen LogP contribution is 2.25. The Kier molecular flexibility index (Phi) is 2.87. The Balaban J connectivity index is 2.31. The zero-order valence-electron chi connectivity index (χ0n) is 9.81. The minimum atomic E-state index is -0.101. The van der Waals surface area contributed by atoms with Crippen LogP contribution in [-0.2, 0) is 7.05 Å². The van der Waals surface area contributed by atoms with Crippen LogP contribution in [0.3, 0.4) is 0 Å². The van der Waals surface area contributed by atoms with Gasteiger partial charge in [0, 0.05) is 25.0 Å². The van der Waals surface area contributed by atoms with E-state index in [-0.39, 0.29) is 5.56 Å². The van der Waals surface area contributed by atoms with Crippen molar-refractivity contribution >= 4 is 5.69 Å². The van der Waals surface area contributed by atoms with Gasteiger partial charge in [0.2, 0.25) is 0 Å². The Morgan fingerprint density at radius 2 is 2.00 bits per heavy atom. The minimum absolute atomic E-state index is 0.101. The average molecular weight is 230 g/mol. The molecule has 1 aromatic carbocycles. The number of nitrogen functional groups attached to an aromatic ring is 1. The summed E-state index contributed by atoms with van der Waals surface area (Å²) in [6.07, 6.45) is 1.67. The van der Waals surface area contributed by atoms with Crippen LogP contribution >= 0.6 is 0 Å². The smallest absolute Gasteiger partial charge is 0.253 e. The molecule has 0 radical (unpaired) electrons. The summed E-state index contributed by atoms with van der Waals surface area (Å²) < 4.78 is 7.12. The van der Waals surface area contributed by atoms with Crippen molar-refractivity contribution in [3.63, 3.8) is 0 Å². The van der Waals surface area contributed by atoms with Crippen molar-refractivity contribution in [1.29, 1.82) is 0 Å². The summed E-state index contributed by atoms with van der Waals surface area (Å²) in [5.74, 6) is 1.23. The molecule has 2 rings (SSSR count). The molecule has 0 spiro atoms. The van der Waals surface area contributed by atoms with E-state index in [4.69, 9.17) is 10.5 Å². The second-order valence-corrected chi connectivity index (χ2v) is 3.94. The molecule has 0 aliphatic heterocycles. The van der Waals surface area contributed by atoms with Crippen molar-refractivity contribution < 1.29 is 4.74 Å². The predicted octanol–water partition coefficient (Wildman–Crippen LogP) is 2.07. The lowest BCUT2D eigenvalue weighted by Crippen LogP contribution is -2.13. The van der Waals surface area contributed by atoms with E-state index in [9.17, 15) is 4.79 Å². The predicted molar refractivity (Wildman–Crippen MR) is 67.3 cm³/mol. The lowest BCUT2D eigenvalue weighted by molar-refractivity contribution is 0.476. The summed E-state index contributed by atoms with van der Waals surface area (Å²) in [6.45, 7) is 1.91. The summed E-state index contributed by atoms with van der Waals surface area (Å²) in [6, 6.07) is 8.59. The van der Waals surface area contributed by atoms with E-state index in [1.165, 1.54) is 10.6 Å². The highest BCUT2D eigenvalue weighted by atomic mass is 16.5. The van der Waals surface area contributed by atoms with Crippen LogP contribution in [0.2, 0.25) is 0 Å². The summed E-state index contributed by atoms with van der Waals surface area (Å²) in [5, 5.41) is 0. The third kappa shape index (κ3) is 2.47. The van der Waals surface area contributed by atoms with E-state index in [0.29, 0.717) is 17.2 Å². The molecule has 1 heterocycles. The van der Waals surface area contributed by atoms with Crippen LogP contribution in [0.25, 0.3) is 0 Å². The number of nitrogens with zero attached hydrogens (tertiary/aromatic N) is 1. The summed E-state index contributed by atoms with van der Waals surface area (Å²) in [4.78, 5) is 11.4. The number of nitrogens with two attached hydrogens (primary N) is 1. The number of hydrogen-bond acceptors (Lipinski definition) is 3. The van der Waals surface area contributed by atoms with Gasteiger partial charge in [-0.3, -0.25) is 4.79 Å². The number of pyridine rings is 1. The molecule has 2 N–H and O–H groups in total. The topological polar surface area (TPSA) is 57.2 Å². The Morgan fingerprint density at radius 1 is 1.24 bits per heavy atom. The van der Waals surface area contributed by atoms with Crippen molar-refractivity contribution in [3.05, 3.63) is 52.4 Å². The molecule has 4 nitrogen and oxygen atoms in total. The molecule has 2 aromatic rings. The molecular formula is C13H14N2O2. The summed E-state index contributed by atoms with van der Waals surface area (Å²) in [7, 11) is 1.70. The Hall–Kier alpha value is -2.23. The monoisotopic (exact) mass is 230 g/mol. The molecule has 17 heavy (non-hydrogen) atoms. The highest BCUT2D eigenvalue weighted by molar-refractivity contribution is 5.48. The highest BCUT2D eigenvalue weighted by Gasteiger charge is 2.02. The van der Waals surface area contributed by atoms with Gasteiger partial charge in [-0.1, -0.05) is 0 Å². The van der Waals surface area contributed by atoms with Gasteiger partial charge in [-0.15, -0.1) is 0 Å². The molecular weight excluding hydrogens is 216 g/mol. The average Bonchev–Trinajstić information content (AvgIpc) is 2.27. The first-order chi connectivity index (χ1) is 8.06. The Morgan fingerprint density at radius 3 is 2.65 bits per heavy atom.